The monoisotopic (exact) mass is 685 g/mol. The van der Waals surface area contributed by atoms with Crippen molar-refractivity contribution >= 4 is 17.3 Å². The fraction of sp³-hybridized carbons (Fsp3) is 0.571. The molecule has 14 heteroatoms. The van der Waals surface area contributed by atoms with Gasteiger partial charge >= 0.3 is 0 Å². The van der Waals surface area contributed by atoms with Gasteiger partial charge in [-0.05, 0) is 40.9 Å². The molecule has 0 spiro atoms. The Morgan fingerprint density at radius 2 is 1.59 bits per heavy atom. The Kier molecular flexibility index (Phi) is 9.39. The lowest BCUT2D eigenvalue weighted by atomic mass is 9.72. The molecule has 0 aromatic heterocycles. The van der Waals surface area contributed by atoms with Crippen LogP contribution >= 0.6 is 0 Å². The summed E-state index contributed by atoms with van der Waals surface area (Å²) in [6, 6.07) is 4.12. The summed E-state index contributed by atoms with van der Waals surface area (Å²) in [5.74, 6) is -3.20. The topological polar surface area (TPSA) is 202 Å². The Hall–Kier alpha value is -3.47. The second kappa shape index (κ2) is 13.0. The van der Waals surface area contributed by atoms with E-state index in [1.165, 1.54) is 32.2 Å². The molecule has 10 unspecified atom stereocenters. The van der Waals surface area contributed by atoms with Gasteiger partial charge in [-0.2, -0.15) is 0 Å². The van der Waals surface area contributed by atoms with Crippen LogP contribution in [-0.4, -0.2) is 124 Å². The highest BCUT2D eigenvalue weighted by atomic mass is 16.7. The number of benzene rings is 2. The third kappa shape index (κ3) is 5.93. The maximum Gasteiger partial charge on any atom is 0.202 e. The first-order chi connectivity index (χ1) is 23.1. The number of carbonyl (C=O) groups is 3. The Morgan fingerprint density at radius 1 is 0.939 bits per heavy atom. The van der Waals surface area contributed by atoms with Crippen molar-refractivity contribution in [2.45, 2.75) is 107 Å². The van der Waals surface area contributed by atoms with Gasteiger partial charge in [-0.1, -0.05) is 12.1 Å². The number of methoxy groups -OCH3 is 1. The number of hydrogen-bond donors (Lipinski definition) is 5. The summed E-state index contributed by atoms with van der Waals surface area (Å²) in [5.41, 5.74) is -3.09. The van der Waals surface area contributed by atoms with Gasteiger partial charge < -0.3 is 54.1 Å². The van der Waals surface area contributed by atoms with Gasteiger partial charge in [0.15, 0.2) is 24.1 Å². The second-order valence-corrected chi connectivity index (χ2v) is 13.7. The number of phenolic OH excluding ortho intramolecular Hbond substituents is 2. The fourth-order valence-electron chi connectivity index (χ4n) is 7.58. The molecule has 10 atom stereocenters. The summed E-state index contributed by atoms with van der Waals surface area (Å²) >= 11 is 0. The predicted octanol–water partition coefficient (Wildman–Crippen LogP) is 1.51. The van der Waals surface area contributed by atoms with Crippen LogP contribution in [0.2, 0.25) is 0 Å². The van der Waals surface area contributed by atoms with E-state index in [1.54, 1.807) is 13.8 Å². The third-order valence-electron chi connectivity index (χ3n) is 10.3. The quantitative estimate of drug-likeness (QED) is 0.224. The van der Waals surface area contributed by atoms with E-state index in [0.29, 0.717) is 0 Å². The molecule has 2 saturated heterocycles. The first-order valence-corrected chi connectivity index (χ1v) is 16.3. The van der Waals surface area contributed by atoms with Crippen LogP contribution in [0.1, 0.15) is 89.1 Å². The maximum absolute atomic E-state index is 13.9. The van der Waals surface area contributed by atoms with Crippen LogP contribution in [0, 0.1) is 0 Å². The molecule has 2 aromatic carbocycles. The number of carbonyl (C=O) groups excluding carboxylic acids is 3. The van der Waals surface area contributed by atoms with Gasteiger partial charge in [0.25, 0.3) is 0 Å². The minimum atomic E-state index is -2.04. The number of aromatic hydroxyl groups is 2. The Bertz CT molecular complexity index is 1660. The molecule has 0 amide bonds. The molecule has 14 nitrogen and oxygen atoms in total. The molecule has 266 valence electrons. The van der Waals surface area contributed by atoms with E-state index in [-0.39, 0.29) is 53.3 Å². The molecule has 2 heterocycles. The highest BCUT2D eigenvalue weighted by molar-refractivity contribution is 6.31. The Balaban J connectivity index is 1.35. The highest BCUT2D eigenvalue weighted by Gasteiger charge is 2.50. The van der Waals surface area contributed by atoms with Gasteiger partial charge in [-0.3, -0.25) is 14.4 Å². The number of aliphatic hydroxyl groups is 3. The molecule has 2 aliphatic heterocycles. The summed E-state index contributed by atoms with van der Waals surface area (Å²) < 4.78 is 30.1. The summed E-state index contributed by atoms with van der Waals surface area (Å²) in [5, 5.41) is 55.3. The smallest absolute Gasteiger partial charge is 0.202 e. The molecule has 4 aliphatic rings. The largest absolute Gasteiger partial charge is 0.507 e. The lowest BCUT2D eigenvalue weighted by molar-refractivity contribution is -0.310. The zero-order chi connectivity index (χ0) is 35.7. The minimum Gasteiger partial charge on any atom is -0.507 e. The van der Waals surface area contributed by atoms with Crippen molar-refractivity contribution in [1.82, 2.24) is 4.90 Å². The summed E-state index contributed by atoms with van der Waals surface area (Å²) in [4.78, 5) is 42.4. The van der Waals surface area contributed by atoms with Crippen LogP contribution < -0.4 is 4.74 Å². The van der Waals surface area contributed by atoms with E-state index >= 15 is 0 Å². The van der Waals surface area contributed by atoms with Crippen molar-refractivity contribution in [1.29, 1.82) is 0 Å². The zero-order valence-electron chi connectivity index (χ0n) is 28.2. The SMILES string of the molecule is COc1cccc2c1C(=O)c1c(O)c3c(c(O)c1C2=O)CC(O)(C(C)=O)CC3OC1CC(N(C)C)C(OC2CC(O)C(O)C(C)O2)C(C)O1. The van der Waals surface area contributed by atoms with Crippen LogP contribution in [0.15, 0.2) is 18.2 Å². The molecule has 6 rings (SSSR count). The number of Topliss-reactive ketones (excluding diaryl/α,β-unsaturated/α-hetero) is 1. The molecule has 5 N–H and O–H groups in total. The predicted molar refractivity (Wildman–Crippen MR) is 170 cm³/mol. The van der Waals surface area contributed by atoms with E-state index in [0.717, 1.165) is 0 Å². The molecule has 2 aromatic rings. The highest BCUT2D eigenvalue weighted by Crippen LogP contribution is 2.52. The molecular formula is C35H43NO13. The first kappa shape index (κ1) is 35.4. The number of aliphatic hydroxyl groups excluding tert-OH is 2. The Morgan fingerprint density at radius 3 is 2.22 bits per heavy atom. The number of nitrogens with zero attached hydrogens (tertiary/aromatic N) is 1. The number of rotatable bonds is 7. The molecule has 0 saturated carbocycles. The fourth-order valence-corrected chi connectivity index (χ4v) is 7.58. The zero-order valence-corrected chi connectivity index (χ0v) is 28.2. The lowest BCUT2D eigenvalue weighted by Gasteiger charge is -2.47. The van der Waals surface area contributed by atoms with Gasteiger partial charge in [-0.15, -0.1) is 0 Å². The van der Waals surface area contributed by atoms with Gasteiger partial charge in [0, 0.05) is 48.4 Å². The Labute approximate surface area is 283 Å². The standard InChI is InChI=1S/C35H43NO13/c1-14-29(39)20(38)11-24(46-14)49-34-15(2)47-23(10-19(34)36(4)5)48-22-13-35(44,16(3)37)12-18-26(22)33(43)28-27(31(18)41)30(40)17-8-7-9-21(45-6)25(17)32(28)42/h7-9,14-15,19-20,22-24,29,34,38-39,41,43-44H,10-13H2,1-6H3. The summed E-state index contributed by atoms with van der Waals surface area (Å²) in [6.07, 6.45) is -7.45. The van der Waals surface area contributed by atoms with Gasteiger partial charge in [0.1, 0.15) is 35.1 Å². The average molecular weight is 686 g/mol. The molecule has 2 aliphatic carbocycles. The second-order valence-electron chi connectivity index (χ2n) is 13.7. The van der Waals surface area contributed by atoms with E-state index in [9.17, 15) is 39.9 Å². The third-order valence-corrected chi connectivity index (χ3v) is 10.3. The van der Waals surface area contributed by atoms with Gasteiger partial charge in [0.2, 0.25) is 5.78 Å². The van der Waals surface area contributed by atoms with E-state index in [1.807, 2.05) is 19.0 Å². The van der Waals surface area contributed by atoms with Crippen LogP contribution in [-0.2, 0) is 30.2 Å². The molecule has 49 heavy (non-hydrogen) atoms. The van der Waals surface area contributed by atoms with Crippen molar-refractivity contribution in [3.63, 3.8) is 0 Å². The summed E-state index contributed by atoms with van der Waals surface area (Å²) in [7, 11) is 5.03. The number of hydrogen-bond acceptors (Lipinski definition) is 14. The number of likely N-dealkylation sites (N-methyl/N-ethyl adjacent to an activating group) is 1. The maximum atomic E-state index is 13.9. The molecule has 0 radical (unpaired) electrons. The number of ketones is 3. The van der Waals surface area contributed by atoms with Gasteiger partial charge in [0.05, 0.1) is 48.2 Å². The van der Waals surface area contributed by atoms with Crippen LogP contribution in [0.5, 0.6) is 17.2 Å². The van der Waals surface area contributed by atoms with Crippen molar-refractivity contribution in [2.75, 3.05) is 21.2 Å². The van der Waals surface area contributed by atoms with Gasteiger partial charge in [-0.25, -0.2) is 0 Å². The van der Waals surface area contributed by atoms with Crippen LogP contribution in [0.3, 0.4) is 0 Å². The number of ether oxygens (including phenoxy) is 5. The first-order valence-electron chi connectivity index (χ1n) is 16.3. The molecular weight excluding hydrogens is 642 g/mol. The van der Waals surface area contributed by atoms with Crippen molar-refractivity contribution in [3.8, 4) is 17.2 Å². The minimum absolute atomic E-state index is 0.0215. The molecule has 2 fully saturated rings. The van der Waals surface area contributed by atoms with E-state index in [4.69, 9.17) is 23.7 Å². The van der Waals surface area contributed by atoms with Crippen LogP contribution in [0.25, 0.3) is 0 Å². The van der Waals surface area contributed by atoms with Crippen molar-refractivity contribution in [2.24, 2.45) is 0 Å². The van der Waals surface area contributed by atoms with E-state index < -0.39 is 101 Å². The van der Waals surface area contributed by atoms with Crippen molar-refractivity contribution < 1.29 is 63.6 Å². The van der Waals surface area contributed by atoms with Crippen LogP contribution in [0.4, 0.5) is 0 Å². The lowest BCUT2D eigenvalue weighted by Crippen LogP contribution is -2.57. The number of fused-ring (bicyclic) bond motifs is 3. The normalized spacial score (nSPS) is 34.3. The summed E-state index contributed by atoms with van der Waals surface area (Å²) in [6.45, 7) is 4.61. The van der Waals surface area contributed by atoms with Crippen molar-refractivity contribution in [3.05, 3.63) is 51.6 Å². The number of phenols is 2. The average Bonchev–Trinajstić information content (AvgIpc) is 3.04. The molecule has 0 bridgehead atoms. The van der Waals surface area contributed by atoms with E-state index in [2.05, 4.69) is 0 Å².